The Bertz CT molecular complexity index is 172. The molecule has 0 radical (unpaired) electrons. The monoisotopic (exact) mass is 200 g/mol. The molecule has 2 fully saturated rings. The molecule has 0 N–H and O–H groups in total. The summed E-state index contributed by atoms with van der Waals surface area (Å²) in [5.74, 6) is 0.323. The maximum absolute atomic E-state index is 11.9. The van der Waals surface area contributed by atoms with Crippen molar-refractivity contribution < 1.29 is 19.0 Å². The Kier molecular flexibility index (Phi) is 3.50. The smallest absolute Gasteiger partial charge is 0.167 e. The number of carbonyl (C=O) groups is 1. The fourth-order valence-corrected chi connectivity index (χ4v) is 1.90. The summed E-state index contributed by atoms with van der Waals surface area (Å²) >= 11 is 0. The van der Waals surface area contributed by atoms with Gasteiger partial charge in [0.05, 0.1) is 19.8 Å². The molecular weight excluding hydrogens is 184 g/mol. The van der Waals surface area contributed by atoms with Gasteiger partial charge in [0.15, 0.2) is 5.78 Å². The molecule has 4 heteroatoms. The molecule has 0 amide bonds. The summed E-state index contributed by atoms with van der Waals surface area (Å²) in [6, 6.07) is 0. The van der Waals surface area contributed by atoms with Gasteiger partial charge in [0.2, 0.25) is 0 Å². The van der Waals surface area contributed by atoms with E-state index in [1.165, 1.54) is 0 Å². The Morgan fingerprint density at radius 2 is 1.79 bits per heavy atom. The SMILES string of the molecule is O=C(C1CCOCC1)C1COCCO1. The summed E-state index contributed by atoms with van der Waals surface area (Å²) in [7, 11) is 0. The fourth-order valence-electron chi connectivity index (χ4n) is 1.90. The maximum atomic E-state index is 11.9. The maximum Gasteiger partial charge on any atom is 0.167 e. The number of carbonyl (C=O) groups excluding carboxylic acids is 1. The Balaban J connectivity index is 1.85. The first kappa shape index (κ1) is 10.1. The Hall–Kier alpha value is -0.450. The molecule has 0 saturated carbocycles. The molecule has 0 aliphatic carbocycles. The highest BCUT2D eigenvalue weighted by Crippen LogP contribution is 2.19. The van der Waals surface area contributed by atoms with Crippen LogP contribution < -0.4 is 0 Å². The molecule has 0 aromatic heterocycles. The molecule has 1 unspecified atom stereocenters. The van der Waals surface area contributed by atoms with E-state index in [9.17, 15) is 4.79 Å². The van der Waals surface area contributed by atoms with Crippen molar-refractivity contribution >= 4 is 5.78 Å². The van der Waals surface area contributed by atoms with E-state index < -0.39 is 0 Å². The first-order chi connectivity index (χ1) is 6.88. The number of ether oxygens (including phenoxy) is 3. The van der Waals surface area contributed by atoms with Gasteiger partial charge >= 0.3 is 0 Å². The quantitative estimate of drug-likeness (QED) is 0.647. The van der Waals surface area contributed by atoms with Gasteiger partial charge in [-0.15, -0.1) is 0 Å². The minimum Gasteiger partial charge on any atom is -0.381 e. The number of hydrogen-bond acceptors (Lipinski definition) is 4. The van der Waals surface area contributed by atoms with Gasteiger partial charge in [0.25, 0.3) is 0 Å². The third-order valence-corrected chi connectivity index (χ3v) is 2.76. The summed E-state index contributed by atoms with van der Waals surface area (Å²) in [5, 5.41) is 0. The highest BCUT2D eigenvalue weighted by atomic mass is 16.6. The normalized spacial score (nSPS) is 30.1. The van der Waals surface area contributed by atoms with Crippen molar-refractivity contribution in [2.24, 2.45) is 5.92 Å². The second-order valence-corrected chi connectivity index (χ2v) is 3.72. The van der Waals surface area contributed by atoms with Crippen molar-refractivity contribution in [2.75, 3.05) is 33.0 Å². The van der Waals surface area contributed by atoms with E-state index >= 15 is 0 Å². The number of hydrogen-bond donors (Lipinski definition) is 0. The van der Waals surface area contributed by atoms with Gasteiger partial charge in [-0.1, -0.05) is 0 Å². The molecule has 2 saturated heterocycles. The molecule has 4 nitrogen and oxygen atoms in total. The minimum atomic E-state index is -0.327. The van der Waals surface area contributed by atoms with Gasteiger partial charge in [-0.3, -0.25) is 4.79 Å². The molecule has 0 spiro atoms. The molecule has 0 bridgehead atoms. The van der Waals surface area contributed by atoms with Crippen LogP contribution >= 0.6 is 0 Å². The van der Waals surface area contributed by atoms with Crippen LogP contribution in [0, 0.1) is 5.92 Å². The largest absolute Gasteiger partial charge is 0.381 e. The van der Waals surface area contributed by atoms with Crippen molar-refractivity contribution in [3.63, 3.8) is 0 Å². The lowest BCUT2D eigenvalue weighted by Gasteiger charge is -2.27. The van der Waals surface area contributed by atoms with Gasteiger partial charge in [0.1, 0.15) is 6.10 Å². The van der Waals surface area contributed by atoms with Crippen LogP contribution in [0.15, 0.2) is 0 Å². The summed E-state index contributed by atoms with van der Waals surface area (Å²) in [6.07, 6.45) is 1.34. The molecule has 14 heavy (non-hydrogen) atoms. The average Bonchev–Trinajstić information content (AvgIpc) is 2.30. The van der Waals surface area contributed by atoms with Gasteiger partial charge < -0.3 is 14.2 Å². The molecular formula is C10H16O4. The minimum absolute atomic E-state index is 0.121. The molecule has 0 aromatic rings. The van der Waals surface area contributed by atoms with Crippen LogP contribution in [-0.4, -0.2) is 44.9 Å². The van der Waals surface area contributed by atoms with Gasteiger partial charge in [-0.2, -0.15) is 0 Å². The zero-order valence-electron chi connectivity index (χ0n) is 8.24. The van der Waals surface area contributed by atoms with Gasteiger partial charge in [-0.25, -0.2) is 0 Å². The molecule has 2 aliphatic heterocycles. The lowest BCUT2D eigenvalue weighted by atomic mass is 9.92. The van der Waals surface area contributed by atoms with Gasteiger partial charge in [0, 0.05) is 19.1 Å². The molecule has 0 aromatic carbocycles. The standard InChI is InChI=1S/C10H16O4/c11-10(8-1-3-12-4-2-8)9-7-13-5-6-14-9/h8-9H,1-7H2. The zero-order valence-corrected chi connectivity index (χ0v) is 8.24. The summed E-state index contributed by atoms with van der Waals surface area (Å²) in [4.78, 5) is 11.9. The predicted molar refractivity (Wildman–Crippen MR) is 49.1 cm³/mol. The van der Waals surface area contributed by atoms with Crippen LogP contribution in [0.4, 0.5) is 0 Å². The van der Waals surface area contributed by atoms with E-state index in [4.69, 9.17) is 14.2 Å². The van der Waals surface area contributed by atoms with Crippen LogP contribution in [0.5, 0.6) is 0 Å². The highest BCUT2D eigenvalue weighted by molar-refractivity contribution is 5.85. The van der Waals surface area contributed by atoms with Crippen LogP contribution in [0.25, 0.3) is 0 Å². The van der Waals surface area contributed by atoms with Crippen LogP contribution in [-0.2, 0) is 19.0 Å². The summed E-state index contributed by atoms with van der Waals surface area (Å²) < 4.78 is 15.8. The second-order valence-electron chi connectivity index (χ2n) is 3.72. The molecule has 2 heterocycles. The van der Waals surface area contributed by atoms with Crippen molar-refractivity contribution in [3.8, 4) is 0 Å². The third kappa shape index (κ3) is 2.32. The third-order valence-electron chi connectivity index (χ3n) is 2.76. The zero-order chi connectivity index (χ0) is 9.80. The van der Waals surface area contributed by atoms with Crippen molar-refractivity contribution in [2.45, 2.75) is 18.9 Å². The van der Waals surface area contributed by atoms with E-state index in [0.717, 1.165) is 12.8 Å². The van der Waals surface area contributed by atoms with E-state index in [-0.39, 0.29) is 17.8 Å². The van der Waals surface area contributed by atoms with Crippen molar-refractivity contribution in [1.82, 2.24) is 0 Å². The van der Waals surface area contributed by atoms with Crippen molar-refractivity contribution in [3.05, 3.63) is 0 Å². The van der Waals surface area contributed by atoms with Crippen LogP contribution in [0.1, 0.15) is 12.8 Å². The first-order valence-corrected chi connectivity index (χ1v) is 5.19. The first-order valence-electron chi connectivity index (χ1n) is 5.19. The molecule has 80 valence electrons. The van der Waals surface area contributed by atoms with E-state index in [0.29, 0.717) is 33.0 Å². The number of Topliss-reactive ketones (excluding diaryl/α,β-unsaturated/α-hetero) is 1. The van der Waals surface area contributed by atoms with Crippen molar-refractivity contribution in [1.29, 1.82) is 0 Å². The number of rotatable bonds is 2. The second kappa shape index (κ2) is 4.87. The summed E-state index contributed by atoms with van der Waals surface area (Å²) in [6.45, 7) is 2.97. The highest BCUT2D eigenvalue weighted by Gasteiger charge is 2.30. The van der Waals surface area contributed by atoms with Crippen LogP contribution in [0.2, 0.25) is 0 Å². The summed E-state index contributed by atoms with van der Waals surface area (Å²) in [5.41, 5.74) is 0. The van der Waals surface area contributed by atoms with E-state index in [2.05, 4.69) is 0 Å². The lowest BCUT2D eigenvalue weighted by molar-refractivity contribution is -0.151. The Morgan fingerprint density at radius 1 is 1.00 bits per heavy atom. The topological polar surface area (TPSA) is 44.8 Å². The van der Waals surface area contributed by atoms with Crippen LogP contribution in [0.3, 0.4) is 0 Å². The van der Waals surface area contributed by atoms with E-state index in [1.54, 1.807) is 0 Å². The number of ketones is 1. The van der Waals surface area contributed by atoms with Gasteiger partial charge in [-0.05, 0) is 12.8 Å². The lowest BCUT2D eigenvalue weighted by Crippen LogP contribution is -2.40. The fraction of sp³-hybridized carbons (Fsp3) is 0.900. The average molecular weight is 200 g/mol. The Labute approximate surface area is 83.5 Å². The van der Waals surface area contributed by atoms with E-state index in [1.807, 2.05) is 0 Å². The molecule has 2 aliphatic rings. The Morgan fingerprint density at radius 3 is 2.43 bits per heavy atom. The molecule has 1 atom stereocenters. The molecule has 2 rings (SSSR count). The predicted octanol–water partition coefficient (Wildman–Crippen LogP) is 0.397.